The van der Waals surface area contributed by atoms with Gasteiger partial charge < -0.3 is 40.6 Å². The van der Waals surface area contributed by atoms with Crippen molar-refractivity contribution in [2.45, 2.75) is 0 Å². The number of rotatable bonds is 17. The highest BCUT2D eigenvalue weighted by Gasteiger charge is 2.08. The molecule has 3 rings (SSSR count). The van der Waals surface area contributed by atoms with E-state index in [9.17, 15) is 4.79 Å². The van der Waals surface area contributed by atoms with Crippen LogP contribution in [0.4, 0.5) is 23.5 Å². The van der Waals surface area contributed by atoms with Crippen LogP contribution >= 0.6 is 0 Å². The monoisotopic (exact) mass is 511 g/mol. The molecular weight excluding hydrogens is 478 g/mol. The molecule has 1 aromatic heterocycles. The Morgan fingerprint density at radius 2 is 1.49 bits per heavy atom. The van der Waals surface area contributed by atoms with E-state index in [2.05, 4.69) is 36.2 Å². The summed E-state index contributed by atoms with van der Waals surface area (Å²) in [5, 5.41) is 21.1. The van der Waals surface area contributed by atoms with Gasteiger partial charge in [0.15, 0.2) is 0 Å². The molecule has 5 N–H and O–H groups in total. The minimum Gasteiger partial charge on any atom is -0.497 e. The van der Waals surface area contributed by atoms with Crippen molar-refractivity contribution >= 4 is 29.4 Å². The number of aromatic nitrogens is 3. The highest BCUT2D eigenvalue weighted by Crippen LogP contribution is 2.20. The second-order valence-corrected chi connectivity index (χ2v) is 7.59. The topological polar surface area (TPSA) is 152 Å². The molecule has 2 aromatic carbocycles. The van der Waals surface area contributed by atoms with Crippen molar-refractivity contribution in [2.24, 2.45) is 0 Å². The molecule has 37 heavy (non-hydrogen) atoms. The van der Waals surface area contributed by atoms with Gasteiger partial charge >= 0.3 is 0 Å². The Morgan fingerprint density at radius 3 is 2.19 bits per heavy atom. The van der Waals surface area contributed by atoms with E-state index in [1.54, 1.807) is 19.2 Å². The quantitative estimate of drug-likeness (QED) is 0.169. The molecule has 1 amide bonds. The first-order valence-electron chi connectivity index (χ1n) is 11.9. The lowest BCUT2D eigenvalue weighted by Crippen LogP contribution is -2.27. The van der Waals surface area contributed by atoms with E-state index in [0.717, 1.165) is 5.69 Å². The predicted octanol–water partition coefficient (Wildman–Crippen LogP) is 1.90. The molecule has 0 fully saturated rings. The molecule has 0 aliphatic carbocycles. The molecule has 0 saturated carbocycles. The molecule has 0 saturated heterocycles. The Labute approximate surface area is 215 Å². The van der Waals surface area contributed by atoms with Gasteiger partial charge in [0.1, 0.15) is 5.75 Å². The molecule has 198 valence electrons. The van der Waals surface area contributed by atoms with Gasteiger partial charge in [-0.3, -0.25) is 4.79 Å². The predicted molar refractivity (Wildman–Crippen MR) is 141 cm³/mol. The summed E-state index contributed by atoms with van der Waals surface area (Å²) in [6, 6.07) is 16.4. The Kier molecular flexibility index (Phi) is 11.8. The van der Waals surface area contributed by atoms with E-state index >= 15 is 0 Å². The van der Waals surface area contributed by atoms with Crippen LogP contribution < -0.4 is 26.0 Å². The number of nitrogens with one attached hydrogen (secondary N) is 4. The summed E-state index contributed by atoms with van der Waals surface area (Å²) in [7, 11) is 1.60. The lowest BCUT2D eigenvalue weighted by molar-refractivity contribution is 0.0519. The van der Waals surface area contributed by atoms with E-state index in [1.807, 2.05) is 42.5 Å². The zero-order valence-electron chi connectivity index (χ0n) is 20.8. The van der Waals surface area contributed by atoms with Gasteiger partial charge in [-0.1, -0.05) is 24.3 Å². The Balaban J connectivity index is 1.35. The summed E-state index contributed by atoms with van der Waals surface area (Å²) in [5.74, 6) is 1.59. The zero-order chi connectivity index (χ0) is 26.1. The second-order valence-electron chi connectivity index (χ2n) is 7.59. The molecule has 0 aliphatic heterocycles. The normalized spacial score (nSPS) is 10.5. The van der Waals surface area contributed by atoms with Gasteiger partial charge in [-0.15, -0.1) is 0 Å². The number of benzene rings is 2. The number of aliphatic hydroxyl groups excluding tert-OH is 1. The number of ether oxygens (including phenoxy) is 3. The van der Waals surface area contributed by atoms with Crippen LogP contribution in [-0.2, 0) is 9.47 Å². The molecule has 0 radical (unpaired) electrons. The van der Waals surface area contributed by atoms with Gasteiger partial charge in [-0.25, -0.2) is 0 Å². The fourth-order valence-corrected chi connectivity index (χ4v) is 3.07. The lowest BCUT2D eigenvalue weighted by Gasteiger charge is -2.12. The summed E-state index contributed by atoms with van der Waals surface area (Å²) in [6.07, 6.45) is 0. The van der Waals surface area contributed by atoms with Gasteiger partial charge in [0.05, 0.1) is 40.1 Å². The van der Waals surface area contributed by atoms with Crippen molar-refractivity contribution in [3.63, 3.8) is 0 Å². The minimum absolute atomic E-state index is 0.0532. The third kappa shape index (κ3) is 10.3. The van der Waals surface area contributed by atoms with Crippen LogP contribution in [0.2, 0.25) is 0 Å². The van der Waals surface area contributed by atoms with Crippen molar-refractivity contribution in [3.8, 4) is 5.75 Å². The molecule has 0 spiro atoms. The maximum Gasteiger partial charge on any atom is 0.251 e. The van der Waals surface area contributed by atoms with Crippen LogP contribution in [0.1, 0.15) is 10.4 Å². The molecule has 1 heterocycles. The second kappa shape index (κ2) is 15.9. The van der Waals surface area contributed by atoms with E-state index in [-0.39, 0.29) is 12.5 Å². The van der Waals surface area contributed by atoms with Crippen LogP contribution in [-0.4, -0.2) is 85.7 Å². The fourth-order valence-electron chi connectivity index (χ4n) is 3.07. The first kappa shape index (κ1) is 27.6. The van der Waals surface area contributed by atoms with Gasteiger partial charge in [0, 0.05) is 37.0 Å². The Bertz CT molecular complexity index is 1090. The lowest BCUT2D eigenvalue weighted by atomic mass is 10.2. The van der Waals surface area contributed by atoms with Crippen LogP contribution in [0, 0.1) is 0 Å². The summed E-state index contributed by atoms with van der Waals surface area (Å²) in [5.41, 5.74) is 1.38. The highest BCUT2D eigenvalue weighted by molar-refractivity contribution is 5.94. The third-order valence-electron chi connectivity index (χ3n) is 4.83. The smallest absolute Gasteiger partial charge is 0.251 e. The number of aliphatic hydroxyl groups is 1. The summed E-state index contributed by atoms with van der Waals surface area (Å²) in [6.45, 7) is 2.79. The minimum atomic E-state index is -0.124. The van der Waals surface area contributed by atoms with Crippen molar-refractivity contribution < 1.29 is 24.1 Å². The first-order chi connectivity index (χ1) is 18.2. The third-order valence-corrected chi connectivity index (χ3v) is 4.83. The zero-order valence-corrected chi connectivity index (χ0v) is 20.8. The molecule has 0 atom stereocenters. The van der Waals surface area contributed by atoms with Crippen molar-refractivity contribution in [3.05, 3.63) is 60.2 Å². The van der Waals surface area contributed by atoms with Crippen molar-refractivity contribution in [1.82, 2.24) is 20.3 Å². The number of carbonyl (C=O) groups excluding carboxylic acids is 1. The molecule has 12 heteroatoms. The van der Waals surface area contributed by atoms with E-state index in [0.29, 0.717) is 75.2 Å². The number of hydrogen-bond acceptors (Lipinski definition) is 11. The standard InChI is InChI=1S/C25H33N7O5/c1-35-21-9-5-8-20(18-21)29-25-31-23(27-10-13-33)30-24(32-25)28-12-15-37-17-16-36-14-11-26-22(34)19-6-3-2-4-7-19/h2-9,18,33H,10-17H2,1H3,(H,26,34)(H3,27,28,29,30,31,32). The highest BCUT2D eigenvalue weighted by atomic mass is 16.5. The largest absolute Gasteiger partial charge is 0.497 e. The number of carbonyl (C=O) groups is 1. The summed E-state index contributed by atoms with van der Waals surface area (Å²) >= 11 is 0. The van der Waals surface area contributed by atoms with Crippen LogP contribution in [0.3, 0.4) is 0 Å². The number of methoxy groups -OCH3 is 1. The molecule has 0 aliphatic rings. The molecule has 12 nitrogen and oxygen atoms in total. The average Bonchev–Trinajstić information content (AvgIpc) is 2.93. The van der Waals surface area contributed by atoms with Crippen LogP contribution in [0.15, 0.2) is 54.6 Å². The number of hydrogen-bond donors (Lipinski definition) is 5. The number of anilines is 4. The van der Waals surface area contributed by atoms with E-state index < -0.39 is 0 Å². The molecular formula is C25H33N7O5. The molecule has 0 bridgehead atoms. The van der Waals surface area contributed by atoms with Gasteiger partial charge in [0.25, 0.3) is 5.91 Å². The van der Waals surface area contributed by atoms with Crippen molar-refractivity contribution in [2.75, 3.05) is 75.7 Å². The van der Waals surface area contributed by atoms with Gasteiger partial charge in [-0.05, 0) is 24.3 Å². The first-order valence-corrected chi connectivity index (χ1v) is 11.9. The number of amides is 1. The Morgan fingerprint density at radius 1 is 0.811 bits per heavy atom. The average molecular weight is 512 g/mol. The van der Waals surface area contributed by atoms with Gasteiger partial charge in [0.2, 0.25) is 17.8 Å². The summed E-state index contributed by atoms with van der Waals surface area (Å²) in [4.78, 5) is 25.0. The molecule has 3 aromatic rings. The van der Waals surface area contributed by atoms with Crippen LogP contribution in [0.5, 0.6) is 5.75 Å². The molecule has 0 unspecified atom stereocenters. The van der Waals surface area contributed by atoms with Crippen molar-refractivity contribution in [1.29, 1.82) is 0 Å². The maximum absolute atomic E-state index is 11.9. The van der Waals surface area contributed by atoms with Gasteiger partial charge in [-0.2, -0.15) is 15.0 Å². The van der Waals surface area contributed by atoms with Crippen LogP contribution in [0.25, 0.3) is 0 Å². The fraction of sp³-hybridized carbons (Fsp3) is 0.360. The van der Waals surface area contributed by atoms with E-state index in [4.69, 9.17) is 19.3 Å². The van der Waals surface area contributed by atoms with E-state index in [1.165, 1.54) is 0 Å². The SMILES string of the molecule is COc1cccc(Nc2nc(NCCO)nc(NCCOCCOCCNC(=O)c3ccccc3)n2)c1. The maximum atomic E-state index is 11.9. The number of nitrogens with zero attached hydrogens (tertiary/aromatic N) is 3. The Hall–Kier alpha value is -4.00. The summed E-state index contributed by atoms with van der Waals surface area (Å²) < 4.78 is 16.3.